The summed E-state index contributed by atoms with van der Waals surface area (Å²) in [7, 11) is -0.241. The minimum absolute atomic E-state index is 0. The molecule has 0 atom stereocenters. The Hall–Kier alpha value is -5.14. The zero-order valence-corrected chi connectivity index (χ0v) is 28.0. The second-order valence-electron chi connectivity index (χ2n) is 11.2. The van der Waals surface area contributed by atoms with Crippen LogP contribution in [0.5, 0.6) is 0 Å². The first kappa shape index (κ1) is 41.9. The first-order chi connectivity index (χ1) is 21.3. The number of nitrogen functional groups attached to an aromatic ring is 3. The second kappa shape index (κ2) is 18.1. The van der Waals surface area contributed by atoms with Crippen LogP contribution in [0, 0.1) is 34.0 Å². The Bertz CT molecular complexity index is 1680. The highest BCUT2D eigenvalue weighted by Gasteiger charge is 2.51. The highest BCUT2D eigenvalue weighted by molar-refractivity contribution is 6.54. The van der Waals surface area contributed by atoms with Gasteiger partial charge in [-0.3, -0.25) is 0 Å². The van der Waals surface area contributed by atoms with E-state index in [1.165, 1.54) is 18.6 Å². The lowest BCUT2D eigenvalue weighted by Gasteiger charge is -2.32. The van der Waals surface area contributed by atoms with Crippen LogP contribution in [-0.2, 0) is 9.31 Å². The molecule has 1 fully saturated rings. The van der Waals surface area contributed by atoms with Gasteiger partial charge >= 0.3 is 7.12 Å². The van der Waals surface area contributed by atoms with Crippen molar-refractivity contribution in [2.24, 2.45) is 0 Å². The van der Waals surface area contributed by atoms with E-state index in [-0.39, 0.29) is 54.0 Å². The maximum atomic E-state index is 8.66. The Morgan fingerprint density at radius 1 is 0.787 bits per heavy atom. The molecule has 0 radical (unpaired) electrons. The van der Waals surface area contributed by atoms with Crippen LogP contribution < -0.4 is 17.2 Å². The van der Waals surface area contributed by atoms with Crippen molar-refractivity contribution in [1.29, 1.82) is 15.8 Å². The van der Waals surface area contributed by atoms with Crippen molar-refractivity contribution in [1.82, 2.24) is 29.9 Å². The summed E-state index contributed by atoms with van der Waals surface area (Å²) in [5, 5.41) is 25.7. The molecule has 47 heavy (non-hydrogen) atoms. The van der Waals surface area contributed by atoms with Crippen LogP contribution in [0.1, 0.15) is 97.2 Å². The summed E-state index contributed by atoms with van der Waals surface area (Å²) in [5.74, 6) is 1.05. The average Bonchev–Trinajstić information content (AvgIpc) is 3.20. The Labute approximate surface area is 282 Å². The lowest BCUT2D eigenvalue weighted by atomic mass is 9.81. The molecular formula is C31H42BClN12O2. The molecule has 1 aliphatic heterocycles. The number of nitrogens with two attached hydrogens (primary N) is 3. The van der Waals surface area contributed by atoms with E-state index in [4.69, 9.17) is 53.9 Å². The van der Waals surface area contributed by atoms with Crippen molar-refractivity contribution in [2.75, 3.05) is 17.2 Å². The third-order valence-electron chi connectivity index (χ3n) is 6.28. The molecule has 0 saturated carbocycles. The molecule has 0 amide bonds. The van der Waals surface area contributed by atoms with Gasteiger partial charge in [0.15, 0.2) is 22.2 Å². The summed E-state index contributed by atoms with van der Waals surface area (Å²) in [6.07, 6.45) is 4.03. The van der Waals surface area contributed by atoms with E-state index in [2.05, 4.69) is 43.1 Å². The first-order valence-electron chi connectivity index (χ1n) is 13.7. The minimum atomic E-state index is -0.241. The zero-order valence-electron chi connectivity index (χ0n) is 27.3. The van der Waals surface area contributed by atoms with E-state index in [1.807, 2.05) is 60.6 Å². The van der Waals surface area contributed by atoms with Crippen molar-refractivity contribution < 1.29 is 9.31 Å². The normalized spacial score (nSPS) is 13.3. The summed E-state index contributed by atoms with van der Waals surface area (Å²) in [5.41, 5.74) is 19.0. The maximum Gasteiger partial charge on any atom is 0.489 e. The van der Waals surface area contributed by atoms with Gasteiger partial charge in [-0.25, -0.2) is 29.9 Å². The number of rotatable bonds is 3. The van der Waals surface area contributed by atoms with Crippen LogP contribution >= 0.6 is 11.6 Å². The van der Waals surface area contributed by atoms with Crippen LogP contribution in [-0.4, -0.2) is 48.2 Å². The van der Waals surface area contributed by atoms with Crippen molar-refractivity contribution in [2.45, 2.75) is 79.9 Å². The van der Waals surface area contributed by atoms with Crippen LogP contribution in [0.4, 0.5) is 17.5 Å². The largest absolute Gasteiger partial charge is 0.489 e. The van der Waals surface area contributed by atoms with Gasteiger partial charge in [0, 0.05) is 0 Å². The van der Waals surface area contributed by atoms with Crippen molar-refractivity contribution >= 4 is 41.7 Å². The Morgan fingerprint density at radius 2 is 1.19 bits per heavy atom. The third-order valence-corrected chi connectivity index (χ3v) is 6.55. The quantitative estimate of drug-likeness (QED) is 0.296. The Balaban J connectivity index is 0.000000597. The number of nitrogens with zero attached hydrogens (tertiary/aromatic N) is 9. The Kier molecular flexibility index (Phi) is 16.1. The highest BCUT2D eigenvalue weighted by Crippen LogP contribution is 2.38. The fourth-order valence-corrected chi connectivity index (χ4v) is 3.38. The van der Waals surface area contributed by atoms with Crippen LogP contribution in [0.25, 0.3) is 5.57 Å². The molecule has 4 rings (SSSR count). The SMILES string of the molecule is C.C=C(C)B1OC(C)(C)C(C)(C)O1.C=C(C)c1nc(N)cnc1C#N.CC(C)c1nc(N)cnc1C#N.N#Cc1ncc(N)nc1Cl. The molecule has 0 aromatic carbocycles. The highest BCUT2D eigenvalue weighted by atomic mass is 35.5. The molecule has 3 aromatic heterocycles. The summed E-state index contributed by atoms with van der Waals surface area (Å²) < 4.78 is 11.4. The number of anilines is 3. The summed E-state index contributed by atoms with van der Waals surface area (Å²) in [6, 6.07) is 5.65. The van der Waals surface area contributed by atoms with Crippen molar-refractivity contribution in [3.63, 3.8) is 0 Å². The fraction of sp³-hybridized carbons (Fsp3) is 0.387. The molecule has 0 bridgehead atoms. The molecule has 3 aromatic rings. The fourth-order valence-electron chi connectivity index (χ4n) is 3.19. The molecule has 6 N–H and O–H groups in total. The second-order valence-corrected chi connectivity index (χ2v) is 11.5. The van der Waals surface area contributed by atoms with E-state index in [0.717, 1.165) is 5.47 Å². The average molecular weight is 661 g/mol. The first-order valence-corrected chi connectivity index (χ1v) is 14.1. The number of aromatic nitrogens is 6. The van der Waals surface area contributed by atoms with Gasteiger partial charge in [-0.15, -0.1) is 6.58 Å². The lowest BCUT2D eigenvalue weighted by molar-refractivity contribution is 0.00578. The van der Waals surface area contributed by atoms with Crippen LogP contribution in [0.15, 0.2) is 37.2 Å². The van der Waals surface area contributed by atoms with Crippen LogP contribution in [0.2, 0.25) is 5.15 Å². The molecule has 1 aliphatic rings. The Morgan fingerprint density at radius 3 is 1.55 bits per heavy atom. The molecule has 14 nitrogen and oxygen atoms in total. The lowest BCUT2D eigenvalue weighted by Crippen LogP contribution is -2.41. The number of hydrogen-bond acceptors (Lipinski definition) is 14. The van der Waals surface area contributed by atoms with E-state index >= 15 is 0 Å². The van der Waals surface area contributed by atoms with Gasteiger partial charge in [0.25, 0.3) is 0 Å². The minimum Gasteiger partial charge on any atom is -0.400 e. The van der Waals surface area contributed by atoms with E-state index < -0.39 is 0 Å². The van der Waals surface area contributed by atoms with Gasteiger partial charge in [0.2, 0.25) is 0 Å². The third kappa shape index (κ3) is 12.3. The number of nitriles is 3. The van der Waals surface area contributed by atoms with Crippen molar-refractivity contribution in [3.8, 4) is 18.2 Å². The molecule has 16 heteroatoms. The molecular weight excluding hydrogens is 619 g/mol. The predicted octanol–water partition coefficient (Wildman–Crippen LogP) is 5.43. The molecule has 248 valence electrons. The molecule has 0 unspecified atom stereocenters. The molecule has 0 aliphatic carbocycles. The molecule has 4 heterocycles. The predicted molar refractivity (Wildman–Crippen MR) is 185 cm³/mol. The van der Waals surface area contributed by atoms with Crippen LogP contribution in [0.3, 0.4) is 0 Å². The van der Waals surface area contributed by atoms with E-state index in [9.17, 15) is 0 Å². The zero-order chi connectivity index (χ0) is 35.4. The number of halogens is 1. The summed E-state index contributed by atoms with van der Waals surface area (Å²) in [6.45, 7) is 23.2. The van der Waals surface area contributed by atoms with Gasteiger partial charge < -0.3 is 26.5 Å². The van der Waals surface area contributed by atoms with Gasteiger partial charge in [-0.2, -0.15) is 15.8 Å². The van der Waals surface area contributed by atoms with Crippen molar-refractivity contribution in [3.05, 3.63) is 70.8 Å². The summed E-state index contributed by atoms with van der Waals surface area (Å²) >= 11 is 5.45. The van der Waals surface area contributed by atoms with Gasteiger partial charge in [0.1, 0.15) is 41.4 Å². The standard InChI is InChI=1S/C9H17BO2.C8H10N4.C8H8N4.C5H3ClN4.CH4/c1-7(2)10-11-8(3,4)9(5,6)12-10;2*1-5(2)8-6(3-9)11-4-7(10)12-8;6-5-3(1-7)9-2-4(8)10-5;/h1H2,2-6H3;4-5H,1-2H3,(H2,10,12);4H,1H2,2H3,(H2,10,12);2H,(H2,8,10);1H4. The van der Waals surface area contributed by atoms with Gasteiger partial charge in [0.05, 0.1) is 35.5 Å². The summed E-state index contributed by atoms with van der Waals surface area (Å²) in [4.78, 5) is 22.9. The maximum absolute atomic E-state index is 8.66. The van der Waals surface area contributed by atoms with E-state index in [0.29, 0.717) is 34.3 Å². The number of hydrogen-bond donors (Lipinski definition) is 3. The van der Waals surface area contributed by atoms with E-state index in [1.54, 1.807) is 13.0 Å². The van der Waals surface area contributed by atoms with Gasteiger partial charge in [-0.05, 0) is 53.0 Å². The topological polar surface area (TPSA) is 245 Å². The monoisotopic (exact) mass is 660 g/mol. The van der Waals surface area contributed by atoms with Gasteiger partial charge in [-0.1, -0.05) is 44.9 Å². The number of allylic oxidation sites excluding steroid dienone is 2. The smallest absolute Gasteiger partial charge is 0.400 e. The molecule has 0 spiro atoms. The molecule has 1 saturated heterocycles.